The molecular weight excluding hydrogens is 318 g/mol. The molecule has 2 aliphatic heterocycles. The van der Waals surface area contributed by atoms with Crippen molar-refractivity contribution in [3.8, 4) is 5.75 Å². The summed E-state index contributed by atoms with van der Waals surface area (Å²) in [4.78, 5) is 14.8. The molecule has 25 heavy (non-hydrogen) atoms. The van der Waals surface area contributed by atoms with Crippen LogP contribution in [0.4, 0.5) is 0 Å². The number of likely N-dealkylation sites (tertiary alicyclic amines) is 1. The van der Waals surface area contributed by atoms with Gasteiger partial charge in [-0.1, -0.05) is 12.1 Å². The normalized spacial score (nSPS) is 22.3. The van der Waals surface area contributed by atoms with Crippen molar-refractivity contribution < 1.29 is 19.0 Å². The van der Waals surface area contributed by atoms with E-state index in [1.807, 2.05) is 24.3 Å². The molecule has 2 fully saturated rings. The molecule has 1 aromatic rings. The molecule has 2 aliphatic rings. The zero-order valence-corrected chi connectivity index (χ0v) is 15.3. The Kier molecular flexibility index (Phi) is 5.97. The molecule has 1 amide bonds. The Morgan fingerprint density at radius 1 is 1.32 bits per heavy atom. The van der Waals surface area contributed by atoms with Gasteiger partial charge in [0.25, 0.3) is 0 Å². The molecule has 0 bridgehead atoms. The number of carbonyl (C=O) groups is 1. The zero-order chi connectivity index (χ0) is 17.7. The largest absolute Gasteiger partial charge is 0.497 e. The summed E-state index contributed by atoms with van der Waals surface area (Å²) in [5.74, 6) is 1.50. The molecule has 0 aromatic heterocycles. The van der Waals surface area contributed by atoms with E-state index in [0.29, 0.717) is 12.3 Å². The maximum atomic E-state index is 12.8. The standard InChI is InChI=1S/C20H29NO4/c1-23-14-17-13-21(15-20(17)8-10-25-11-9-20)19(22)7-6-16-4-3-5-18(12-16)24-2/h3-5,12,17H,6-11,13-15H2,1-2H3/t17-/m1/s1. The maximum Gasteiger partial charge on any atom is 0.222 e. The van der Waals surface area contributed by atoms with Crippen LogP contribution in [-0.2, 0) is 20.7 Å². The predicted molar refractivity (Wildman–Crippen MR) is 95.7 cm³/mol. The molecule has 2 saturated heterocycles. The van der Waals surface area contributed by atoms with Gasteiger partial charge in [0.05, 0.1) is 13.7 Å². The van der Waals surface area contributed by atoms with Crippen molar-refractivity contribution in [3.63, 3.8) is 0 Å². The molecule has 0 N–H and O–H groups in total. The van der Waals surface area contributed by atoms with E-state index >= 15 is 0 Å². The van der Waals surface area contributed by atoms with E-state index in [1.54, 1.807) is 14.2 Å². The second-order valence-corrected chi connectivity index (χ2v) is 7.25. The van der Waals surface area contributed by atoms with Crippen LogP contribution in [0.15, 0.2) is 24.3 Å². The number of amides is 1. The van der Waals surface area contributed by atoms with E-state index < -0.39 is 0 Å². The number of hydrogen-bond acceptors (Lipinski definition) is 4. The first kappa shape index (κ1) is 18.2. The summed E-state index contributed by atoms with van der Waals surface area (Å²) in [6, 6.07) is 7.95. The average molecular weight is 347 g/mol. The van der Waals surface area contributed by atoms with E-state index in [0.717, 1.165) is 63.5 Å². The van der Waals surface area contributed by atoms with E-state index in [-0.39, 0.29) is 11.3 Å². The number of benzene rings is 1. The minimum Gasteiger partial charge on any atom is -0.497 e. The number of aryl methyl sites for hydroxylation is 1. The van der Waals surface area contributed by atoms with Crippen LogP contribution in [0.3, 0.4) is 0 Å². The van der Waals surface area contributed by atoms with Crippen LogP contribution in [0.25, 0.3) is 0 Å². The summed E-state index contributed by atoms with van der Waals surface area (Å²) in [5, 5.41) is 0. The smallest absolute Gasteiger partial charge is 0.222 e. The Labute approximate surface area is 150 Å². The summed E-state index contributed by atoms with van der Waals surface area (Å²) in [5.41, 5.74) is 1.32. The molecule has 2 heterocycles. The SMILES string of the molecule is COC[C@H]1CN(C(=O)CCc2cccc(OC)c2)CC12CCOCC2. The van der Waals surface area contributed by atoms with E-state index in [1.165, 1.54) is 0 Å². The fourth-order valence-corrected chi connectivity index (χ4v) is 4.24. The van der Waals surface area contributed by atoms with E-state index in [9.17, 15) is 4.79 Å². The van der Waals surface area contributed by atoms with Crippen LogP contribution >= 0.6 is 0 Å². The number of methoxy groups -OCH3 is 2. The van der Waals surface area contributed by atoms with Crippen molar-refractivity contribution >= 4 is 5.91 Å². The van der Waals surface area contributed by atoms with Gasteiger partial charge in [-0.15, -0.1) is 0 Å². The molecule has 0 radical (unpaired) electrons. The summed E-state index contributed by atoms with van der Waals surface area (Å²) in [7, 11) is 3.41. The van der Waals surface area contributed by atoms with Crippen LogP contribution < -0.4 is 4.74 Å². The molecule has 0 saturated carbocycles. The Hall–Kier alpha value is -1.59. The average Bonchev–Trinajstić information content (AvgIpc) is 2.98. The summed E-state index contributed by atoms with van der Waals surface area (Å²) < 4.78 is 16.2. The third kappa shape index (κ3) is 4.15. The van der Waals surface area contributed by atoms with Gasteiger partial charge >= 0.3 is 0 Å². The number of rotatable bonds is 6. The number of nitrogens with zero attached hydrogens (tertiary/aromatic N) is 1. The highest BCUT2D eigenvalue weighted by Crippen LogP contribution is 2.44. The van der Waals surface area contributed by atoms with Gasteiger partial charge in [-0.2, -0.15) is 0 Å². The second kappa shape index (κ2) is 8.19. The Balaban J connectivity index is 1.60. The van der Waals surface area contributed by atoms with Gasteiger partial charge in [0.2, 0.25) is 5.91 Å². The topological polar surface area (TPSA) is 48.0 Å². The fourth-order valence-electron chi connectivity index (χ4n) is 4.24. The summed E-state index contributed by atoms with van der Waals surface area (Å²) >= 11 is 0. The van der Waals surface area contributed by atoms with Gasteiger partial charge < -0.3 is 19.1 Å². The third-order valence-corrected chi connectivity index (χ3v) is 5.78. The zero-order valence-electron chi connectivity index (χ0n) is 15.3. The minimum absolute atomic E-state index is 0.180. The van der Waals surface area contributed by atoms with E-state index in [2.05, 4.69) is 4.90 Å². The van der Waals surface area contributed by atoms with Crippen LogP contribution in [0, 0.1) is 11.3 Å². The van der Waals surface area contributed by atoms with Gasteiger partial charge in [-0.25, -0.2) is 0 Å². The molecular formula is C20H29NO4. The fraction of sp³-hybridized carbons (Fsp3) is 0.650. The molecule has 1 atom stereocenters. The molecule has 1 spiro atoms. The number of carbonyl (C=O) groups excluding carboxylic acids is 1. The van der Waals surface area contributed by atoms with Crippen molar-refractivity contribution in [1.29, 1.82) is 0 Å². The lowest BCUT2D eigenvalue weighted by Crippen LogP contribution is -2.39. The molecule has 3 rings (SSSR count). The number of hydrogen-bond donors (Lipinski definition) is 0. The molecule has 5 heteroatoms. The van der Waals surface area contributed by atoms with Crippen LogP contribution in [0.1, 0.15) is 24.8 Å². The van der Waals surface area contributed by atoms with Crippen LogP contribution in [-0.4, -0.2) is 57.9 Å². The lowest BCUT2D eigenvalue weighted by Gasteiger charge is -2.37. The highest BCUT2D eigenvalue weighted by Gasteiger charge is 2.48. The van der Waals surface area contributed by atoms with Crippen LogP contribution in [0.5, 0.6) is 5.75 Å². The van der Waals surface area contributed by atoms with Crippen LogP contribution in [0.2, 0.25) is 0 Å². The quantitative estimate of drug-likeness (QED) is 0.793. The van der Waals surface area contributed by atoms with Gasteiger partial charge in [0, 0.05) is 45.8 Å². The van der Waals surface area contributed by atoms with Crippen molar-refractivity contribution in [2.24, 2.45) is 11.3 Å². The summed E-state index contributed by atoms with van der Waals surface area (Å²) in [6.45, 7) is 3.98. The monoisotopic (exact) mass is 347 g/mol. The van der Waals surface area contributed by atoms with Gasteiger partial charge in [0.15, 0.2) is 0 Å². The van der Waals surface area contributed by atoms with Crippen molar-refractivity contribution in [2.75, 3.05) is 47.1 Å². The first-order valence-corrected chi connectivity index (χ1v) is 9.14. The molecule has 1 aromatic carbocycles. The molecule has 138 valence electrons. The third-order valence-electron chi connectivity index (χ3n) is 5.78. The second-order valence-electron chi connectivity index (χ2n) is 7.25. The highest BCUT2D eigenvalue weighted by atomic mass is 16.5. The van der Waals surface area contributed by atoms with Gasteiger partial charge in [-0.05, 0) is 42.4 Å². The molecule has 5 nitrogen and oxygen atoms in total. The van der Waals surface area contributed by atoms with Crippen molar-refractivity contribution in [2.45, 2.75) is 25.7 Å². The Morgan fingerprint density at radius 2 is 2.12 bits per heavy atom. The first-order chi connectivity index (χ1) is 12.2. The molecule has 0 aliphatic carbocycles. The maximum absolute atomic E-state index is 12.8. The Morgan fingerprint density at radius 3 is 2.84 bits per heavy atom. The predicted octanol–water partition coefficient (Wildman–Crippen LogP) is 2.53. The van der Waals surface area contributed by atoms with Crippen molar-refractivity contribution in [3.05, 3.63) is 29.8 Å². The lowest BCUT2D eigenvalue weighted by molar-refractivity contribution is -0.130. The minimum atomic E-state index is 0.180. The van der Waals surface area contributed by atoms with Crippen molar-refractivity contribution in [1.82, 2.24) is 4.90 Å². The number of ether oxygens (including phenoxy) is 3. The van der Waals surface area contributed by atoms with E-state index in [4.69, 9.17) is 14.2 Å². The van der Waals surface area contributed by atoms with Gasteiger partial charge in [0.1, 0.15) is 5.75 Å². The first-order valence-electron chi connectivity index (χ1n) is 9.14. The summed E-state index contributed by atoms with van der Waals surface area (Å²) in [6.07, 6.45) is 3.35. The highest BCUT2D eigenvalue weighted by molar-refractivity contribution is 5.77. The Bertz CT molecular complexity index is 583. The lowest BCUT2D eigenvalue weighted by atomic mass is 9.72. The molecule has 0 unspecified atom stereocenters. The van der Waals surface area contributed by atoms with Gasteiger partial charge in [-0.3, -0.25) is 4.79 Å².